The predicted octanol–water partition coefficient (Wildman–Crippen LogP) is 14.4. The Bertz CT molecular complexity index is 2850. The Balaban J connectivity index is 1.22. The van der Waals surface area contributed by atoms with E-state index in [9.17, 15) is 0 Å². The summed E-state index contributed by atoms with van der Waals surface area (Å²) in [5.41, 5.74) is 8.32. The highest BCUT2D eigenvalue weighted by Crippen LogP contribution is 2.46. The van der Waals surface area contributed by atoms with Gasteiger partial charge in [0.25, 0.3) is 0 Å². The smallest absolute Gasteiger partial charge is 0.0540 e. The maximum atomic E-state index is 2.45. The molecule has 0 spiro atoms. The van der Waals surface area contributed by atoms with Crippen LogP contribution in [0.2, 0.25) is 0 Å². The van der Waals surface area contributed by atoms with Gasteiger partial charge in [0.1, 0.15) is 0 Å². The van der Waals surface area contributed by atoms with Gasteiger partial charge in [-0.2, -0.15) is 0 Å². The molecule has 0 saturated carbocycles. The minimum absolute atomic E-state index is 1.13. The lowest BCUT2D eigenvalue weighted by atomic mass is 9.95. The second-order valence-electron chi connectivity index (χ2n) is 12.5. The fourth-order valence-corrected chi connectivity index (χ4v) is 9.74. The molecule has 0 aliphatic rings. The fraction of sp³-hybridized carbons (Fsp3) is 0. The summed E-state index contributed by atoms with van der Waals surface area (Å²) >= 11 is 3.73. The minimum Gasteiger partial charge on any atom is -0.310 e. The van der Waals surface area contributed by atoms with Crippen LogP contribution in [-0.2, 0) is 0 Å². The Labute approximate surface area is 292 Å². The third-order valence-electron chi connectivity index (χ3n) is 9.66. The van der Waals surface area contributed by atoms with E-state index in [0.29, 0.717) is 0 Å². The van der Waals surface area contributed by atoms with E-state index in [0.717, 1.165) is 17.1 Å². The molecule has 3 heteroatoms. The van der Waals surface area contributed by atoms with Crippen molar-refractivity contribution in [2.24, 2.45) is 0 Å². The summed E-state index contributed by atoms with van der Waals surface area (Å²) < 4.78 is 5.24. The van der Waals surface area contributed by atoms with Crippen molar-refractivity contribution < 1.29 is 0 Å². The summed E-state index contributed by atoms with van der Waals surface area (Å²) in [6.45, 7) is 0. The molecule has 49 heavy (non-hydrogen) atoms. The average Bonchev–Trinajstić information content (AvgIpc) is 3.73. The van der Waals surface area contributed by atoms with E-state index in [-0.39, 0.29) is 0 Å². The number of rotatable bonds is 5. The molecule has 0 bridgehead atoms. The van der Waals surface area contributed by atoms with Gasteiger partial charge in [-0.25, -0.2) is 0 Å². The molecule has 0 radical (unpaired) electrons. The Kier molecular flexibility index (Phi) is 6.61. The number of hydrogen-bond acceptors (Lipinski definition) is 3. The topological polar surface area (TPSA) is 3.24 Å². The first-order chi connectivity index (χ1) is 24.3. The number of fused-ring (bicyclic) bond motifs is 7. The highest BCUT2D eigenvalue weighted by atomic mass is 32.1. The van der Waals surface area contributed by atoms with E-state index in [2.05, 4.69) is 181 Å². The zero-order chi connectivity index (χ0) is 32.3. The van der Waals surface area contributed by atoms with E-state index in [1.54, 1.807) is 0 Å². The van der Waals surface area contributed by atoms with E-state index < -0.39 is 0 Å². The van der Waals surface area contributed by atoms with Crippen molar-refractivity contribution in [2.75, 3.05) is 4.90 Å². The molecule has 0 saturated heterocycles. The largest absolute Gasteiger partial charge is 0.310 e. The Morgan fingerprint density at radius 1 is 0.347 bits per heavy atom. The average molecular weight is 660 g/mol. The molecule has 10 rings (SSSR count). The molecule has 10 aromatic rings. The molecule has 0 aliphatic carbocycles. The molecule has 2 aromatic heterocycles. The van der Waals surface area contributed by atoms with Gasteiger partial charge >= 0.3 is 0 Å². The van der Waals surface area contributed by atoms with Gasteiger partial charge in [0.05, 0.1) is 5.69 Å². The monoisotopic (exact) mass is 659 g/mol. The molecule has 0 atom stereocenters. The highest BCUT2D eigenvalue weighted by Gasteiger charge is 2.20. The summed E-state index contributed by atoms with van der Waals surface area (Å²) in [5, 5.41) is 7.76. The molecule has 0 unspecified atom stereocenters. The van der Waals surface area contributed by atoms with E-state index in [4.69, 9.17) is 0 Å². The second kappa shape index (κ2) is 11.5. The minimum atomic E-state index is 1.13. The molecule has 0 amide bonds. The summed E-state index contributed by atoms with van der Waals surface area (Å²) in [4.78, 5) is 2.45. The maximum Gasteiger partial charge on any atom is 0.0540 e. The quantitative estimate of drug-likeness (QED) is 0.178. The van der Waals surface area contributed by atoms with Crippen molar-refractivity contribution in [1.82, 2.24) is 0 Å². The molecule has 2 heterocycles. The van der Waals surface area contributed by atoms with Crippen LogP contribution in [0.25, 0.3) is 73.4 Å². The fourth-order valence-electron chi connectivity index (χ4n) is 7.47. The highest BCUT2D eigenvalue weighted by molar-refractivity contribution is 7.26. The zero-order valence-electron chi connectivity index (χ0n) is 26.5. The molecule has 230 valence electrons. The molecule has 8 aromatic carbocycles. The third kappa shape index (κ3) is 4.66. The lowest BCUT2D eigenvalue weighted by Gasteiger charge is -2.28. The van der Waals surface area contributed by atoms with Crippen LogP contribution in [0.5, 0.6) is 0 Å². The van der Waals surface area contributed by atoms with E-state index >= 15 is 0 Å². The maximum absolute atomic E-state index is 2.45. The lowest BCUT2D eigenvalue weighted by molar-refractivity contribution is 1.29. The Hall–Kier alpha value is -5.74. The van der Waals surface area contributed by atoms with E-state index in [1.807, 2.05) is 22.7 Å². The van der Waals surface area contributed by atoms with Gasteiger partial charge in [-0.05, 0) is 76.0 Å². The molecule has 0 aliphatic heterocycles. The van der Waals surface area contributed by atoms with Gasteiger partial charge in [0.2, 0.25) is 0 Å². The summed E-state index contributed by atoms with van der Waals surface area (Å²) in [6.07, 6.45) is 0. The first-order valence-corrected chi connectivity index (χ1v) is 18.2. The third-order valence-corrected chi connectivity index (χ3v) is 11.9. The van der Waals surface area contributed by atoms with Gasteiger partial charge < -0.3 is 4.90 Å². The van der Waals surface area contributed by atoms with E-state index in [1.165, 1.54) is 73.4 Å². The van der Waals surface area contributed by atoms with Crippen LogP contribution in [0.15, 0.2) is 176 Å². The van der Waals surface area contributed by atoms with Crippen LogP contribution in [-0.4, -0.2) is 0 Å². The van der Waals surface area contributed by atoms with Gasteiger partial charge in [0.15, 0.2) is 0 Å². The number of benzene rings is 8. The van der Waals surface area contributed by atoms with Crippen molar-refractivity contribution in [2.45, 2.75) is 0 Å². The summed E-state index contributed by atoms with van der Waals surface area (Å²) in [6, 6.07) is 64.5. The Morgan fingerprint density at radius 2 is 0.939 bits per heavy atom. The predicted molar refractivity (Wildman–Crippen MR) is 215 cm³/mol. The van der Waals surface area contributed by atoms with Gasteiger partial charge in [-0.15, -0.1) is 22.7 Å². The van der Waals surface area contributed by atoms with Crippen molar-refractivity contribution in [3.63, 3.8) is 0 Å². The molecule has 0 N–H and O–H groups in total. The van der Waals surface area contributed by atoms with Gasteiger partial charge in [-0.1, -0.05) is 127 Å². The number of hydrogen-bond donors (Lipinski definition) is 0. The summed E-state index contributed by atoms with van der Waals surface area (Å²) in [5.74, 6) is 0. The van der Waals surface area contributed by atoms with Crippen LogP contribution in [0.3, 0.4) is 0 Å². The SMILES string of the molecule is c1cc(-c2cccc3sc4ccccc4c23)cc(N(c2ccc3c(c2)sc2ccccc23)c2ccccc2-c2cccc3ccccc23)c1. The zero-order valence-corrected chi connectivity index (χ0v) is 28.1. The van der Waals surface area contributed by atoms with Crippen LogP contribution < -0.4 is 4.90 Å². The molecule has 0 fully saturated rings. The normalized spacial score (nSPS) is 11.7. The second-order valence-corrected chi connectivity index (χ2v) is 14.7. The lowest BCUT2D eigenvalue weighted by Crippen LogP contribution is -2.11. The molecule has 1 nitrogen and oxygen atoms in total. The van der Waals surface area contributed by atoms with Crippen molar-refractivity contribution >= 4 is 90.9 Å². The summed E-state index contributed by atoms with van der Waals surface area (Å²) in [7, 11) is 0. The Morgan fingerprint density at radius 3 is 1.86 bits per heavy atom. The van der Waals surface area contributed by atoms with Crippen molar-refractivity contribution in [3.05, 3.63) is 176 Å². The standard InChI is InChI=1S/C46H29NS2/c1-2-16-34-30(12-1)13-10-21-36(34)37-17-3-6-22-41(37)47(33-26-27-39-38-18-4-7-23-42(38)49-45(39)29-33)32-15-9-14-31(28-32)35-20-11-25-44-46(35)40-19-5-8-24-43(40)48-44/h1-29H. The number of para-hydroxylation sites is 1. The number of anilines is 3. The van der Waals surface area contributed by atoms with Crippen LogP contribution in [0.1, 0.15) is 0 Å². The molecular weight excluding hydrogens is 631 g/mol. The van der Waals surface area contributed by atoms with Crippen LogP contribution in [0.4, 0.5) is 17.1 Å². The number of nitrogens with zero attached hydrogens (tertiary/aromatic N) is 1. The first kappa shape index (κ1) is 28.3. The first-order valence-electron chi connectivity index (χ1n) is 16.6. The van der Waals surface area contributed by atoms with Crippen molar-refractivity contribution in [1.29, 1.82) is 0 Å². The van der Waals surface area contributed by atoms with Gasteiger partial charge in [-0.3, -0.25) is 0 Å². The van der Waals surface area contributed by atoms with Crippen molar-refractivity contribution in [3.8, 4) is 22.3 Å². The van der Waals surface area contributed by atoms with Crippen LogP contribution >= 0.6 is 22.7 Å². The molecular formula is C46H29NS2. The van der Waals surface area contributed by atoms with Gasteiger partial charge in [0, 0.05) is 57.3 Å². The van der Waals surface area contributed by atoms with Crippen LogP contribution in [0, 0.1) is 0 Å². The number of thiophene rings is 2.